The lowest BCUT2D eigenvalue weighted by Gasteiger charge is -2.02. The van der Waals surface area contributed by atoms with Gasteiger partial charge in [-0.25, -0.2) is 0 Å². The Morgan fingerprint density at radius 1 is 0.500 bits per heavy atom. The summed E-state index contributed by atoms with van der Waals surface area (Å²) in [6.45, 7) is 2.29. The van der Waals surface area contributed by atoms with Crippen molar-refractivity contribution in [3.05, 3.63) is 24.3 Å². The van der Waals surface area contributed by atoms with E-state index in [1.165, 1.54) is 128 Å². The highest BCUT2D eigenvalue weighted by molar-refractivity contribution is 5.66. The zero-order valence-electron chi connectivity index (χ0n) is 21.6. The summed E-state index contributed by atoms with van der Waals surface area (Å²) in [6, 6.07) is 0. The molecule has 0 radical (unpaired) electrons. The fraction of sp³-hybridized carbons (Fsp3) is 0.833. The molecule has 0 aromatic carbocycles. The lowest BCUT2D eigenvalue weighted by atomic mass is 10.0. The third-order valence-corrected chi connectivity index (χ3v) is 6.34. The van der Waals surface area contributed by atoms with Gasteiger partial charge in [0.1, 0.15) is 0 Å². The first-order valence-electron chi connectivity index (χ1n) is 14.3. The van der Waals surface area contributed by atoms with E-state index < -0.39 is 5.97 Å². The van der Waals surface area contributed by atoms with Crippen LogP contribution in [0.5, 0.6) is 0 Å². The molecule has 32 heavy (non-hydrogen) atoms. The minimum Gasteiger partial charge on any atom is -0.481 e. The van der Waals surface area contributed by atoms with Gasteiger partial charge in [-0.3, -0.25) is 4.79 Å². The summed E-state index contributed by atoms with van der Waals surface area (Å²) in [5, 5.41) is 8.60. The molecule has 0 fully saturated rings. The summed E-state index contributed by atoms with van der Waals surface area (Å²) < 4.78 is 0. The van der Waals surface area contributed by atoms with Crippen LogP contribution in [-0.4, -0.2) is 11.1 Å². The molecule has 0 amide bonds. The highest BCUT2D eigenvalue weighted by atomic mass is 16.4. The molecule has 0 spiro atoms. The molecule has 0 saturated heterocycles. The van der Waals surface area contributed by atoms with Crippen LogP contribution in [0.15, 0.2) is 24.3 Å². The Morgan fingerprint density at radius 2 is 0.844 bits per heavy atom. The van der Waals surface area contributed by atoms with Gasteiger partial charge in [0, 0.05) is 6.42 Å². The van der Waals surface area contributed by atoms with Crippen molar-refractivity contribution in [2.75, 3.05) is 0 Å². The van der Waals surface area contributed by atoms with Gasteiger partial charge in [0.15, 0.2) is 0 Å². The van der Waals surface area contributed by atoms with Gasteiger partial charge < -0.3 is 5.11 Å². The summed E-state index contributed by atoms with van der Waals surface area (Å²) in [6.07, 6.45) is 40.0. The number of hydrogen-bond donors (Lipinski definition) is 1. The van der Waals surface area contributed by atoms with Gasteiger partial charge >= 0.3 is 5.97 Å². The highest BCUT2D eigenvalue weighted by Crippen LogP contribution is 2.13. The molecule has 0 aliphatic carbocycles. The normalized spacial score (nSPS) is 11.8. The van der Waals surface area contributed by atoms with E-state index >= 15 is 0 Å². The Morgan fingerprint density at radius 3 is 1.22 bits per heavy atom. The molecule has 0 saturated carbocycles. The minimum absolute atomic E-state index is 0.334. The molecule has 0 unspecified atom stereocenters. The number of carboxylic acids is 1. The van der Waals surface area contributed by atoms with Gasteiger partial charge in [0.25, 0.3) is 0 Å². The van der Waals surface area contributed by atoms with E-state index in [2.05, 4.69) is 31.2 Å². The smallest absolute Gasteiger partial charge is 0.303 e. The van der Waals surface area contributed by atoms with E-state index in [0.29, 0.717) is 6.42 Å². The Balaban J connectivity index is 3.16. The summed E-state index contributed by atoms with van der Waals surface area (Å²) in [4.78, 5) is 10.4. The summed E-state index contributed by atoms with van der Waals surface area (Å²) in [7, 11) is 0. The minimum atomic E-state index is -0.659. The third-order valence-electron chi connectivity index (χ3n) is 6.34. The first kappa shape index (κ1) is 30.9. The van der Waals surface area contributed by atoms with Crippen LogP contribution in [0, 0.1) is 0 Å². The van der Waals surface area contributed by atoms with Crippen molar-refractivity contribution >= 4 is 5.97 Å². The van der Waals surface area contributed by atoms with Crippen molar-refractivity contribution in [2.24, 2.45) is 0 Å². The molecule has 1 N–H and O–H groups in total. The molecule has 0 rings (SSSR count). The van der Waals surface area contributed by atoms with Crippen LogP contribution in [0.25, 0.3) is 0 Å². The predicted molar refractivity (Wildman–Crippen MR) is 142 cm³/mol. The number of aliphatic carboxylic acids is 1. The van der Waals surface area contributed by atoms with Crippen LogP contribution in [0.2, 0.25) is 0 Å². The number of rotatable bonds is 26. The van der Waals surface area contributed by atoms with Gasteiger partial charge in [0.05, 0.1) is 0 Å². The second kappa shape index (κ2) is 28.0. The monoisotopic (exact) mass is 448 g/mol. The highest BCUT2D eigenvalue weighted by Gasteiger charge is 1.96. The molecular formula is C30H56O2. The zero-order chi connectivity index (χ0) is 23.4. The fourth-order valence-corrected chi connectivity index (χ4v) is 4.21. The standard InChI is InChI=1S/C30H56O2/c1-2-3-4-5-6-7-8-9-10-11-12-13-14-15-16-17-18-19-20-21-22-23-24-25-26-27-28-29-30(31)32/h15-16,18-19H,2-14,17,20-29H2,1H3,(H,31,32). The van der Waals surface area contributed by atoms with Crippen LogP contribution >= 0.6 is 0 Å². The molecular weight excluding hydrogens is 392 g/mol. The average molecular weight is 449 g/mol. The van der Waals surface area contributed by atoms with E-state index in [9.17, 15) is 4.79 Å². The van der Waals surface area contributed by atoms with Crippen LogP contribution in [0.1, 0.15) is 161 Å². The van der Waals surface area contributed by atoms with Gasteiger partial charge in [-0.2, -0.15) is 0 Å². The molecule has 0 aliphatic heterocycles. The Hall–Kier alpha value is -1.05. The average Bonchev–Trinajstić information content (AvgIpc) is 2.78. The molecule has 0 atom stereocenters. The Labute approximate surface area is 201 Å². The van der Waals surface area contributed by atoms with Crippen molar-refractivity contribution in [1.82, 2.24) is 0 Å². The van der Waals surface area contributed by atoms with Gasteiger partial charge in [-0.1, -0.05) is 140 Å². The van der Waals surface area contributed by atoms with Crippen molar-refractivity contribution in [3.63, 3.8) is 0 Å². The quantitative estimate of drug-likeness (QED) is 0.105. The molecule has 0 heterocycles. The van der Waals surface area contributed by atoms with Crippen LogP contribution in [0.3, 0.4) is 0 Å². The fourth-order valence-electron chi connectivity index (χ4n) is 4.21. The Kier molecular flexibility index (Phi) is 27.1. The van der Waals surface area contributed by atoms with E-state index in [1.54, 1.807) is 0 Å². The summed E-state index contributed by atoms with van der Waals surface area (Å²) in [5.41, 5.74) is 0. The molecule has 2 nitrogen and oxygen atoms in total. The van der Waals surface area contributed by atoms with Crippen LogP contribution in [0.4, 0.5) is 0 Å². The molecule has 2 heteroatoms. The van der Waals surface area contributed by atoms with E-state index in [4.69, 9.17) is 5.11 Å². The number of allylic oxidation sites excluding steroid dienone is 4. The van der Waals surface area contributed by atoms with Crippen LogP contribution < -0.4 is 0 Å². The van der Waals surface area contributed by atoms with Crippen molar-refractivity contribution in [1.29, 1.82) is 0 Å². The maximum absolute atomic E-state index is 10.4. The molecule has 188 valence electrons. The summed E-state index contributed by atoms with van der Waals surface area (Å²) in [5.74, 6) is -0.659. The first-order valence-corrected chi connectivity index (χ1v) is 14.3. The first-order chi connectivity index (χ1) is 15.8. The lowest BCUT2D eigenvalue weighted by molar-refractivity contribution is -0.137. The van der Waals surface area contributed by atoms with Gasteiger partial charge in [0.2, 0.25) is 0 Å². The second-order valence-corrected chi connectivity index (χ2v) is 9.62. The predicted octanol–water partition coefficient (Wildman–Crippen LogP) is 10.6. The van der Waals surface area contributed by atoms with Crippen molar-refractivity contribution in [2.45, 2.75) is 161 Å². The van der Waals surface area contributed by atoms with E-state index in [1.807, 2.05) is 0 Å². The van der Waals surface area contributed by atoms with Crippen molar-refractivity contribution in [3.8, 4) is 0 Å². The van der Waals surface area contributed by atoms with Gasteiger partial charge in [-0.15, -0.1) is 0 Å². The number of unbranched alkanes of at least 4 members (excludes halogenated alkanes) is 20. The van der Waals surface area contributed by atoms with E-state index in [-0.39, 0.29) is 0 Å². The molecule has 0 bridgehead atoms. The largest absolute Gasteiger partial charge is 0.481 e. The lowest BCUT2D eigenvalue weighted by Crippen LogP contribution is -1.93. The topological polar surface area (TPSA) is 37.3 Å². The van der Waals surface area contributed by atoms with E-state index in [0.717, 1.165) is 19.3 Å². The molecule has 0 aliphatic rings. The van der Waals surface area contributed by atoms with Crippen molar-refractivity contribution < 1.29 is 9.90 Å². The zero-order valence-corrected chi connectivity index (χ0v) is 21.6. The maximum Gasteiger partial charge on any atom is 0.303 e. The molecule has 0 aromatic heterocycles. The second-order valence-electron chi connectivity index (χ2n) is 9.62. The number of carboxylic acid groups (broad SMARTS) is 1. The SMILES string of the molecule is CCCCCCCCCCCCCCC=CCC=CCCCCCCCCCCC(=O)O. The Bertz CT molecular complexity index is 425. The van der Waals surface area contributed by atoms with Gasteiger partial charge in [-0.05, 0) is 38.5 Å². The molecule has 0 aromatic rings. The third kappa shape index (κ3) is 28.9. The summed E-state index contributed by atoms with van der Waals surface area (Å²) >= 11 is 0. The van der Waals surface area contributed by atoms with Crippen LogP contribution in [-0.2, 0) is 4.79 Å². The number of hydrogen-bond acceptors (Lipinski definition) is 1. The number of carbonyl (C=O) groups is 1. The maximum atomic E-state index is 10.4.